The van der Waals surface area contributed by atoms with E-state index in [9.17, 15) is 8.42 Å². The van der Waals surface area contributed by atoms with Gasteiger partial charge >= 0.3 is 0 Å². The molecule has 0 amide bonds. The molecule has 2 fully saturated rings. The van der Waals surface area contributed by atoms with Crippen LogP contribution in [0.4, 0.5) is 11.8 Å². The monoisotopic (exact) mass is 482 g/mol. The molecule has 0 radical (unpaired) electrons. The number of hydrogen-bond donors (Lipinski definition) is 0. The van der Waals surface area contributed by atoms with Gasteiger partial charge < -0.3 is 19.3 Å². The second kappa shape index (κ2) is 9.61. The van der Waals surface area contributed by atoms with E-state index >= 15 is 0 Å². The van der Waals surface area contributed by atoms with Crippen molar-refractivity contribution in [3.63, 3.8) is 0 Å². The molecule has 0 atom stereocenters. The molecule has 2 aliphatic rings. The fourth-order valence-electron chi connectivity index (χ4n) is 3.95. The van der Waals surface area contributed by atoms with E-state index in [-0.39, 0.29) is 10.6 Å². The van der Waals surface area contributed by atoms with E-state index in [0.29, 0.717) is 75.9 Å². The number of ether oxygens (including phenoxy) is 2. The molecule has 4 heterocycles. The number of benzene rings is 1. The molecule has 10 nitrogen and oxygen atoms in total. The quantitative estimate of drug-likeness (QED) is 0.532. The van der Waals surface area contributed by atoms with Gasteiger partial charge in [-0.2, -0.15) is 4.98 Å². The number of anilines is 2. The summed E-state index contributed by atoms with van der Waals surface area (Å²) in [6.07, 6.45) is 2.52. The Bertz CT molecular complexity index is 1220. The first-order chi connectivity index (χ1) is 16.5. The fourth-order valence-corrected chi connectivity index (χ4v) is 4.70. The van der Waals surface area contributed by atoms with Crippen LogP contribution in [0.5, 0.6) is 0 Å². The smallest absolute Gasteiger partial charge is 0.228 e. The zero-order valence-electron chi connectivity index (χ0n) is 18.9. The summed E-state index contributed by atoms with van der Waals surface area (Å²) in [6.45, 7) is 5.07. The van der Waals surface area contributed by atoms with Crippen molar-refractivity contribution in [1.29, 1.82) is 0 Å². The van der Waals surface area contributed by atoms with E-state index in [4.69, 9.17) is 19.4 Å². The second-order valence-corrected chi connectivity index (χ2v) is 10.1. The Kier molecular flexibility index (Phi) is 6.40. The fraction of sp³-hybridized carbons (Fsp3) is 0.391. The molecular formula is C23H26N6O4S. The molecule has 34 heavy (non-hydrogen) atoms. The Labute approximate surface area is 198 Å². The summed E-state index contributed by atoms with van der Waals surface area (Å²) < 4.78 is 36.3. The van der Waals surface area contributed by atoms with Gasteiger partial charge in [0, 0.05) is 44.1 Å². The van der Waals surface area contributed by atoms with Crippen molar-refractivity contribution in [2.75, 3.05) is 68.7 Å². The first-order valence-corrected chi connectivity index (χ1v) is 13.1. The van der Waals surface area contributed by atoms with E-state index in [1.165, 1.54) is 6.20 Å². The van der Waals surface area contributed by atoms with Crippen molar-refractivity contribution in [3.8, 4) is 22.8 Å². The highest BCUT2D eigenvalue weighted by Gasteiger charge is 2.24. The van der Waals surface area contributed by atoms with Crippen LogP contribution < -0.4 is 9.80 Å². The molecule has 0 bridgehead atoms. The largest absolute Gasteiger partial charge is 0.378 e. The lowest BCUT2D eigenvalue weighted by Crippen LogP contribution is -2.39. The minimum absolute atomic E-state index is 0.0340. The lowest BCUT2D eigenvalue weighted by Gasteiger charge is -2.31. The number of nitrogens with zero attached hydrogens (tertiary/aromatic N) is 6. The number of aromatic nitrogens is 4. The highest BCUT2D eigenvalue weighted by molar-refractivity contribution is 7.90. The zero-order chi connectivity index (χ0) is 23.5. The summed E-state index contributed by atoms with van der Waals surface area (Å²) in [7, 11) is -3.61. The van der Waals surface area contributed by atoms with Gasteiger partial charge in [-0.1, -0.05) is 30.3 Å². The molecule has 0 spiro atoms. The van der Waals surface area contributed by atoms with Crippen molar-refractivity contribution in [2.45, 2.75) is 4.90 Å². The van der Waals surface area contributed by atoms with Crippen LogP contribution in [0.2, 0.25) is 0 Å². The first kappa shape index (κ1) is 22.6. The topological polar surface area (TPSA) is 111 Å². The van der Waals surface area contributed by atoms with Crippen LogP contribution in [0.1, 0.15) is 0 Å². The Morgan fingerprint density at radius 2 is 1.50 bits per heavy atom. The Hall–Kier alpha value is -3.15. The highest BCUT2D eigenvalue weighted by atomic mass is 32.2. The number of rotatable bonds is 5. The minimum atomic E-state index is -3.61. The Morgan fingerprint density at radius 1 is 0.853 bits per heavy atom. The maximum atomic E-state index is 12.7. The molecule has 1 aromatic carbocycles. The molecule has 0 unspecified atom stereocenters. The lowest BCUT2D eigenvalue weighted by molar-refractivity contribution is 0.121. The molecule has 0 aliphatic carbocycles. The minimum Gasteiger partial charge on any atom is -0.378 e. The summed E-state index contributed by atoms with van der Waals surface area (Å²) >= 11 is 0. The van der Waals surface area contributed by atoms with Gasteiger partial charge in [0.25, 0.3) is 0 Å². The average molecular weight is 483 g/mol. The molecular weight excluding hydrogens is 456 g/mol. The third-order valence-corrected chi connectivity index (χ3v) is 6.86. The normalized spacial score (nSPS) is 17.1. The van der Waals surface area contributed by atoms with E-state index in [2.05, 4.69) is 19.8 Å². The molecule has 3 aromatic rings. The lowest BCUT2D eigenvalue weighted by atomic mass is 10.2. The Morgan fingerprint density at radius 3 is 2.15 bits per heavy atom. The van der Waals surface area contributed by atoms with E-state index in [1.807, 2.05) is 30.3 Å². The predicted molar refractivity (Wildman–Crippen MR) is 128 cm³/mol. The van der Waals surface area contributed by atoms with Crippen LogP contribution in [0.25, 0.3) is 22.8 Å². The zero-order valence-corrected chi connectivity index (χ0v) is 19.7. The van der Waals surface area contributed by atoms with Crippen LogP contribution in [-0.4, -0.2) is 87.2 Å². The second-order valence-electron chi connectivity index (χ2n) is 8.15. The standard InChI is InChI=1S/C23H26N6O4S/c1-34(30,31)19-16-24-22(17-5-3-2-4-6-17)27-21(19)18-15-20(28-7-11-32-12-8-28)26-23(25-18)29-9-13-33-14-10-29/h2-6,15-16H,7-14H2,1H3. The van der Waals surface area contributed by atoms with E-state index in [1.54, 1.807) is 6.07 Å². The predicted octanol–water partition coefficient (Wildman–Crippen LogP) is 1.68. The van der Waals surface area contributed by atoms with Gasteiger partial charge in [-0.25, -0.2) is 23.4 Å². The van der Waals surface area contributed by atoms with Gasteiger partial charge in [0.2, 0.25) is 5.95 Å². The average Bonchev–Trinajstić information content (AvgIpc) is 2.89. The summed E-state index contributed by atoms with van der Waals surface area (Å²) in [4.78, 5) is 22.8. The number of morpholine rings is 2. The molecule has 11 heteroatoms. The molecule has 5 rings (SSSR count). The Balaban J connectivity index is 1.67. The van der Waals surface area contributed by atoms with Gasteiger partial charge in [-0.3, -0.25) is 0 Å². The maximum Gasteiger partial charge on any atom is 0.228 e. The van der Waals surface area contributed by atoms with Gasteiger partial charge in [0.1, 0.15) is 16.4 Å². The maximum absolute atomic E-state index is 12.7. The van der Waals surface area contributed by atoms with Gasteiger partial charge in [0.05, 0.1) is 38.3 Å². The highest BCUT2D eigenvalue weighted by Crippen LogP contribution is 2.30. The summed E-state index contributed by atoms with van der Waals surface area (Å²) in [6, 6.07) is 11.3. The number of sulfone groups is 1. The summed E-state index contributed by atoms with van der Waals surface area (Å²) in [5, 5.41) is 0. The van der Waals surface area contributed by atoms with Crippen molar-refractivity contribution in [1.82, 2.24) is 19.9 Å². The van der Waals surface area contributed by atoms with Gasteiger partial charge in [0.15, 0.2) is 15.7 Å². The first-order valence-electron chi connectivity index (χ1n) is 11.2. The molecule has 2 saturated heterocycles. The number of hydrogen-bond acceptors (Lipinski definition) is 10. The molecule has 0 saturated carbocycles. The third-order valence-electron chi connectivity index (χ3n) is 5.76. The van der Waals surface area contributed by atoms with Crippen molar-refractivity contribution in [2.24, 2.45) is 0 Å². The SMILES string of the molecule is CS(=O)(=O)c1cnc(-c2ccccc2)nc1-c1cc(N2CCOCC2)nc(N2CCOCC2)n1. The molecule has 0 N–H and O–H groups in total. The van der Waals surface area contributed by atoms with E-state index in [0.717, 1.165) is 11.8 Å². The van der Waals surface area contributed by atoms with Crippen molar-refractivity contribution >= 4 is 21.6 Å². The van der Waals surface area contributed by atoms with Crippen LogP contribution in [0.15, 0.2) is 47.5 Å². The van der Waals surface area contributed by atoms with E-state index < -0.39 is 9.84 Å². The van der Waals surface area contributed by atoms with Crippen LogP contribution in [-0.2, 0) is 19.3 Å². The van der Waals surface area contributed by atoms with Gasteiger partial charge in [-0.05, 0) is 0 Å². The van der Waals surface area contributed by atoms with Crippen molar-refractivity contribution in [3.05, 3.63) is 42.6 Å². The molecule has 2 aliphatic heterocycles. The summed E-state index contributed by atoms with van der Waals surface area (Å²) in [5.74, 6) is 1.68. The van der Waals surface area contributed by atoms with Crippen LogP contribution in [0, 0.1) is 0 Å². The van der Waals surface area contributed by atoms with Crippen LogP contribution in [0.3, 0.4) is 0 Å². The van der Waals surface area contributed by atoms with Gasteiger partial charge in [-0.15, -0.1) is 0 Å². The van der Waals surface area contributed by atoms with Crippen LogP contribution >= 0.6 is 0 Å². The molecule has 2 aromatic heterocycles. The summed E-state index contributed by atoms with van der Waals surface area (Å²) in [5.41, 5.74) is 1.50. The molecule has 178 valence electrons. The third kappa shape index (κ3) is 4.86. The van der Waals surface area contributed by atoms with Crippen molar-refractivity contribution < 1.29 is 17.9 Å².